The van der Waals surface area contributed by atoms with E-state index in [0.29, 0.717) is 11.4 Å². The van der Waals surface area contributed by atoms with Crippen LogP contribution < -0.4 is 9.84 Å². The number of hydrogen-bond acceptors (Lipinski definition) is 6. The van der Waals surface area contributed by atoms with Gasteiger partial charge in [-0.05, 0) is 22.9 Å². The minimum Gasteiger partial charge on any atom is -0.550 e. The Labute approximate surface area is 136 Å². The lowest BCUT2D eigenvalue weighted by Gasteiger charge is -2.05. The number of nitrogens with zero attached hydrogens (tertiary/aromatic N) is 1. The molecule has 0 aliphatic rings. The van der Waals surface area contributed by atoms with E-state index < -0.39 is 5.97 Å². The number of hydrogen-bond donors (Lipinski definition) is 0. The fourth-order valence-electron chi connectivity index (χ4n) is 2.13. The van der Waals surface area contributed by atoms with Gasteiger partial charge in [0.25, 0.3) is 0 Å². The lowest BCUT2D eigenvalue weighted by Crippen LogP contribution is -2.24. The summed E-state index contributed by atoms with van der Waals surface area (Å²) in [7, 11) is 0. The molecule has 0 fully saturated rings. The van der Waals surface area contributed by atoms with Gasteiger partial charge in [-0.1, -0.05) is 30.3 Å². The maximum atomic E-state index is 12.0. The Balaban J connectivity index is 1.65. The predicted molar refractivity (Wildman–Crippen MR) is 84.6 cm³/mol. The number of benzene rings is 2. The fraction of sp³-hybridized carbons (Fsp3) is 0.118. The van der Waals surface area contributed by atoms with Crippen molar-refractivity contribution in [3.8, 4) is 5.75 Å². The summed E-state index contributed by atoms with van der Waals surface area (Å²) in [6.07, 6.45) is -0.296. The highest BCUT2D eigenvalue weighted by Gasteiger charge is 2.12. The van der Waals surface area contributed by atoms with Crippen molar-refractivity contribution in [3.05, 3.63) is 58.5 Å². The molecule has 0 N–H and O–H groups in total. The molecule has 1 aromatic heterocycles. The molecule has 0 aliphatic carbocycles. The van der Waals surface area contributed by atoms with Crippen LogP contribution in [0.1, 0.15) is 15.5 Å². The molecule has 0 aliphatic heterocycles. The lowest BCUT2D eigenvalue weighted by molar-refractivity contribution is -0.304. The molecule has 0 atom stereocenters. The largest absolute Gasteiger partial charge is 0.550 e. The van der Waals surface area contributed by atoms with E-state index in [0.717, 1.165) is 22.1 Å². The second kappa shape index (κ2) is 6.58. The molecule has 5 nitrogen and oxygen atoms in total. The highest BCUT2D eigenvalue weighted by Crippen LogP contribution is 2.21. The van der Waals surface area contributed by atoms with Gasteiger partial charge < -0.3 is 14.6 Å². The number of aromatic nitrogens is 1. The summed E-state index contributed by atoms with van der Waals surface area (Å²) in [4.78, 5) is 26.5. The van der Waals surface area contributed by atoms with Crippen molar-refractivity contribution in [2.75, 3.05) is 6.61 Å². The van der Waals surface area contributed by atoms with E-state index in [-0.39, 0.29) is 23.8 Å². The number of ether oxygens (including phenoxy) is 1. The van der Waals surface area contributed by atoms with Gasteiger partial charge in [0.05, 0.1) is 5.69 Å². The first kappa shape index (κ1) is 15.2. The molecule has 0 radical (unpaired) electrons. The van der Waals surface area contributed by atoms with Crippen LogP contribution in [-0.4, -0.2) is 23.3 Å². The first-order chi connectivity index (χ1) is 11.1. The predicted octanol–water partition coefficient (Wildman–Crippen LogP) is 1.85. The molecule has 0 amide bonds. The third-order valence-electron chi connectivity index (χ3n) is 3.21. The Kier molecular flexibility index (Phi) is 4.34. The highest BCUT2D eigenvalue weighted by molar-refractivity contribution is 7.11. The van der Waals surface area contributed by atoms with Crippen LogP contribution in [0.4, 0.5) is 0 Å². The molecular formula is C17H12NO4S-. The number of aliphatic carboxylic acids is 1. The number of ketones is 1. The summed E-state index contributed by atoms with van der Waals surface area (Å²) in [5.41, 5.74) is 0.323. The van der Waals surface area contributed by atoms with E-state index in [2.05, 4.69) is 4.98 Å². The third kappa shape index (κ3) is 3.73. The van der Waals surface area contributed by atoms with Crippen LogP contribution in [0, 0.1) is 0 Å². The zero-order chi connectivity index (χ0) is 16.2. The Morgan fingerprint density at radius 3 is 2.70 bits per heavy atom. The Morgan fingerprint density at radius 2 is 1.91 bits per heavy atom. The van der Waals surface area contributed by atoms with E-state index in [1.807, 2.05) is 36.4 Å². The van der Waals surface area contributed by atoms with Gasteiger partial charge in [-0.25, -0.2) is 4.98 Å². The summed E-state index contributed by atoms with van der Waals surface area (Å²) in [6.45, 7) is -0.142. The maximum absolute atomic E-state index is 12.0. The number of carboxylic acids is 1. The molecular weight excluding hydrogens is 314 g/mol. The molecule has 0 saturated heterocycles. The summed E-state index contributed by atoms with van der Waals surface area (Å²) >= 11 is 1.11. The summed E-state index contributed by atoms with van der Waals surface area (Å²) in [5, 5.41) is 14.4. The first-order valence-corrected chi connectivity index (χ1v) is 7.79. The smallest absolute Gasteiger partial charge is 0.228 e. The number of fused-ring (bicyclic) bond motifs is 1. The molecule has 6 heteroatoms. The summed E-state index contributed by atoms with van der Waals surface area (Å²) in [6, 6.07) is 13.5. The van der Waals surface area contributed by atoms with Crippen LogP contribution in [0.5, 0.6) is 5.75 Å². The van der Waals surface area contributed by atoms with Gasteiger partial charge in [-0.3, -0.25) is 4.79 Å². The van der Waals surface area contributed by atoms with E-state index in [1.54, 1.807) is 11.4 Å². The quantitative estimate of drug-likeness (QED) is 0.646. The molecule has 116 valence electrons. The van der Waals surface area contributed by atoms with Crippen LogP contribution in [-0.2, 0) is 11.2 Å². The van der Waals surface area contributed by atoms with Gasteiger partial charge >= 0.3 is 0 Å². The minimum atomic E-state index is -1.22. The average Bonchev–Trinajstić information content (AvgIpc) is 3.00. The number of Topliss-reactive ketones (excluding diaryl/α,β-unsaturated/α-hetero) is 1. The van der Waals surface area contributed by atoms with Gasteiger partial charge in [0.1, 0.15) is 5.75 Å². The molecule has 0 spiro atoms. The van der Waals surface area contributed by atoms with Gasteiger partial charge in [-0.15, -0.1) is 11.3 Å². The topological polar surface area (TPSA) is 79.3 Å². The molecule has 23 heavy (non-hydrogen) atoms. The first-order valence-electron chi connectivity index (χ1n) is 6.91. The van der Waals surface area contributed by atoms with Crippen molar-refractivity contribution < 1.29 is 19.4 Å². The number of rotatable bonds is 6. The standard InChI is InChI=1S/C17H13NO4S/c19-15(17-18-13(10-23-17)8-16(20)21)9-22-14-6-5-11-3-1-2-4-12(11)7-14/h1-7,10H,8-9H2,(H,20,21)/p-1. The van der Waals surface area contributed by atoms with Gasteiger partial charge in [-0.2, -0.15) is 0 Å². The van der Waals surface area contributed by atoms with Crippen molar-refractivity contribution >= 4 is 33.9 Å². The third-order valence-corrected chi connectivity index (χ3v) is 4.14. The molecule has 0 unspecified atom stereocenters. The van der Waals surface area contributed by atoms with Crippen molar-refractivity contribution in [2.45, 2.75) is 6.42 Å². The maximum Gasteiger partial charge on any atom is 0.228 e. The highest BCUT2D eigenvalue weighted by atomic mass is 32.1. The molecule has 2 aromatic carbocycles. The Bertz CT molecular complexity index is 872. The van der Waals surface area contributed by atoms with Crippen molar-refractivity contribution in [1.29, 1.82) is 0 Å². The molecule has 0 saturated carbocycles. The van der Waals surface area contributed by atoms with Crippen LogP contribution in [0.25, 0.3) is 10.8 Å². The lowest BCUT2D eigenvalue weighted by atomic mass is 10.1. The molecule has 1 heterocycles. The fourth-order valence-corrected chi connectivity index (χ4v) is 2.88. The van der Waals surface area contributed by atoms with E-state index >= 15 is 0 Å². The minimum absolute atomic E-state index is 0.142. The second-order valence-electron chi connectivity index (χ2n) is 4.91. The zero-order valence-electron chi connectivity index (χ0n) is 12.0. The molecule has 3 rings (SSSR count). The van der Waals surface area contributed by atoms with Gasteiger partial charge in [0.2, 0.25) is 5.78 Å². The van der Waals surface area contributed by atoms with Crippen LogP contribution >= 0.6 is 11.3 Å². The molecule has 3 aromatic rings. The van der Waals surface area contributed by atoms with Crippen LogP contribution in [0.2, 0.25) is 0 Å². The average molecular weight is 326 g/mol. The van der Waals surface area contributed by atoms with E-state index in [4.69, 9.17) is 4.74 Å². The van der Waals surface area contributed by atoms with E-state index in [1.165, 1.54) is 0 Å². The van der Waals surface area contributed by atoms with E-state index in [9.17, 15) is 14.7 Å². The normalized spacial score (nSPS) is 10.6. The monoisotopic (exact) mass is 326 g/mol. The zero-order valence-corrected chi connectivity index (χ0v) is 12.8. The Hall–Kier alpha value is -2.73. The SMILES string of the molecule is O=C([O-])Cc1csc(C(=O)COc2ccc3ccccc3c2)n1. The number of thiazole rings is 1. The number of carbonyl (C=O) groups is 2. The van der Waals surface area contributed by atoms with Crippen molar-refractivity contribution in [3.63, 3.8) is 0 Å². The molecule has 0 bridgehead atoms. The number of carboxylic acid groups (broad SMARTS) is 1. The van der Waals surface area contributed by atoms with Crippen molar-refractivity contribution in [1.82, 2.24) is 4.98 Å². The number of carbonyl (C=O) groups excluding carboxylic acids is 2. The summed E-state index contributed by atoms with van der Waals surface area (Å²) < 4.78 is 5.51. The van der Waals surface area contributed by atoms with Crippen molar-refractivity contribution in [2.24, 2.45) is 0 Å². The Morgan fingerprint density at radius 1 is 1.13 bits per heavy atom. The van der Waals surface area contributed by atoms with Gasteiger partial charge in [0.15, 0.2) is 11.6 Å². The second-order valence-corrected chi connectivity index (χ2v) is 5.77. The summed E-state index contributed by atoms with van der Waals surface area (Å²) in [5.74, 6) is -0.905. The van der Waals surface area contributed by atoms with Crippen LogP contribution in [0.15, 0.2) is 47.8 Å². The van der Waals surface area contributed by atoms with Crippen LogP contribution in [0.3, 0.4) is 0 Å². The van der Waals surface area contributed by atoms with Gasteiger partial charge in [0, 0.05) is 17.8 Å².